The smallest absolute Gasteiger partial charge is 0.254 e. The SMILES string of the molecule is Cc1[nH]ncc1C(=O)NCC(C)CN1CCCC1. The van der Waals surface area contributed by atoms with Crippen molar-refractivity contribution in [2.75, 3.05) is 26.2 Å². The molecule has 5 heteroatoms. The lowest BCUT2D eigenvalue weighted by atomic mass is 10.1. The second-order valence-corrected chi connectivity index (χ2v) is 5.23. The number of amides is 1. The third-order valence-corrected chi connectivity index (χ3v) is 3.45. The van der Waals surface area contributed by atoms with Gasteiger partial charge in [-0.25, -0.2) is 0 Å². The van der Waals surface area contributed by atoms with E-state index in [0.29, 0.717) is 11.5 Å². The summed E-state index contributed by atoms with van der Waals surface area (Å²) in [5.74, 6) is 0.453. The van der Waals surface area contributed by atoms with Crippen LogP contribution in [0.1, 0.15) is 35.8 Å². The van der Waals surface area contributed by atoms with Crippen LogP contribution in [0, 0.1) is 12.8 Å². The second kappa shape index (κ2) is 6.00. The fraction of sp³-hybridized carbons (Fsp3) is 0.692. The number of rotatable bonds is 5. The van der Waals surface area contributed by atoms with E-state index in [2.05, 4.69) is 27.3 Å². The Bertz CT molecular complexity index is 395. The first-order valence-electron chi connectivity index (χ1n) is 6.67. The van der Waals surface area contributed by atoms with Gasteiger partial charge in [0.25, 0.3) is 5.91 Å². The number of H-pyrrole nitrogens is 1. The molecule has 0 aromatic carbocycles. The molecule has 2 N–H and O–H groups in total. The number of aromatic nitrogens is 2. The monoisotopic (exact) mass is 250 g/mol. The number of carbonyl (C=O) groups excluding carboxylic acids is 1. The Balaban J connectivity index is 1.73. The van der Waals surface area contributed by atoms with E-state index in [1.807, 2.05) is 6.92 Å². The summed E-state index contributed by atoms with van der Waals surface area (Å²) in [5, 5.41) is 9.61. The summed E-state index contributed by atoms with van der Waals surface area (Å²) in [4.78, 5) is 14.4. The van der Waals surface area contributed by atoms with Gasteiger partial charge in [0.15, 0.2) is 0 Å². The molecule has 100 valence electrons. The van der Waals surface area contributed by atoms with Crippen LogP contribution in [0.3, 0.4) is 0 Å². The molecule has 18 heavy (non-hydrogen) atoms. The van der Waals surface area contributed by atoms with Crippen molar-refractivity contribution in [3.05, 3.63) is 17.5 Å². The highest BCUT2D eigenvalue weighted by atomic mass is 16.1. The van der Waals surface area contributed by atoms with Gasteiger partial charge in [-0.15, -0.1) is 0 Å². The van der Waals surface area contributed by atoms with Gasteiger partial charge in [-0.05, 0) is 38.8 Å². The highest BCUT2D eigenvalue weighted by Crippen LogP contribution is 2.10. The third-order valence-electron chi connectivity index (χ3n) is 3.45. The van der Waals surface area contributed by atoms with Gasteiger partial charge in [0.05, 0.1) is 11.8 Å². The highest BCUT2D eigenvalue weighted by molar-refractivity contribution is 5.94. The van der Waals surface area contributed by atoms with Crippen molar-refractivity contribution < 1.29 is 4.79 Å². The lowest BCUT2D eigenvalue weighted by Crippen LogP contribution is -2.34. The van der Waals surface area contributed by atoms with Crippen LogP contribution in [0.25, 0.3) is 0 Å². The van der Waals surface area contributed by atoms with E-state index >= 15 is 0 Å². The largest absolute Gasteiger partial charge is 0.352 e. The molecule has 5 nitrogen and oxygen atoms in total. The normalized spacial score (nSPS) is 17.9. The Hall–Kier alpha value is -1.36. The molecule has 0 aliphatic carbocycles. The summed E-state index contributed by atoms with van der Waals surface area (Å²) in [7, 11) is 0. The lowest BCUT2D eigenvalue weighted by Gasteiger charge is -2.20. The van der Waals surface area contributed by atoms with Crippen LogP contribution in [-0.2, 0) is 0 Å². The minimum Gasteiger partial charge on any atom is -0.352 e. The number of aryl methyl sites for hydroxylation is 1. The average Bonchev–Trinajstić information content (AvgIpc) is 2.97. The van der Waals surface area contributed by atoms with Gasteiger partial charge >= 0.3 is 0 Å². The fourth-order valence-corrected chi connectivity index (χ4v) is 2.41. The maximum absolute atomic E-state index is 11.9. The predicted molar refractivity (Wildman–Crippen MR) is 70.5 cm³/mol. The van der Waals surface area contributed by atoms with E-state index < -0.39 is 0 Å². The van der Waals surface area contributed by atoms with Gasteiger partial charge in [-0.2, -0.15) is 5.10 Å². The quantitative estimate of drug-likeness (QED) is 0.825. The molecule has 0 radical (unpaired) electrons. The number of hydrogen-bond acceptors (Lipinski definition) is 3. The van der Waals surface area contributed by atoms with E-state index in [-0.39, 0.29) is 5.91 Å². The van der Waals surface area contributed by atoms with E-state index in [1.165, 1.54) is 25.9 Å². The Morgan fingerprint density at radius 1 is 1.56 bits per heavy atom. The molecule has 0 saturated carbocycles. The van der Waals surface area contributed by atoms with Gasteiger partial charge in [0.2, 0.25) is 0 Å². The summed E-state index contributed by atoms with van der Waals surface area (Å²) in [6.45, 7) is 8.25. The molecular formula is C13H22N4O. The Labute approximate surface area is 108 Å². The van der Waals surface area contributed by atoms with Crippen molar-refractivity contribution in [1.29, 1.82) is 0 Å². The zero-order valence-electron chi connectivity index (χ0n) is 11.2. The molecule has 2 rings (SSSR count). The summed E-state index contributed by atoms with van der Waals surface area (Å²) < 4.78 is 0. The number of carbonyl (C=O) groups is 1. The molecule has 1 amide bonds. The fourth-order valence-electron chi connectivity index (χ4n) is 2.41. The maximum atomic E-state index is 11.9. The van der Waals surface area contributed by atoms with Gasteiger partial charge in [0.1, 0.15) is 0 Å². The minimum atomic E-state index is -0.0329. The molecule has 1 aliphatic rings. The Kier molecular flexibility index (Phi) is 4.36. The zero-order valence-corrected chi connectivity index (χ0v) is 11.2. The molecule has 1 aromatic rings. The van der Waals surface area contributed by atoms with E-state index in [0.717, 1.165) is 18.8 Å². The Morgan fingerprint density at radius 3 is 2.89 bits per heavy atom. The number of nitrogens with one attached hydrogen (secondary N) is 2. The van der Waals surface area contributed by atoms with Gasteiger partial charge in [-0.3, -0.25) is 9.89 Å². The van der Waals surface area contributed by atoms with Crippen LogP contribution in [0.2, 0.25) is 0 Å². The van der Waals surface area contributed by atoms with Crippen LogP contribution in [0.4, 0.5) is 0 Å². The average molecular weight is 250 g/mol. The third kappa shape index (κ3) is 3.32. The molecule has 1 saturated heterocycles. The van der Waals surface area contributed by atoms with Crippen LogP contribution in [-0.4, -0.2) is 47.2 Å². The van der Waals surface area contributed by atoms with Gasteiger partial charge in [-0.1, -0.05) is 6.92 Å². The van der Waals surface area contributed by atoms with Crippen molar-refractivity contribution >= 4 is 5.91 Å². The van der Waals surface area contributed by atoms with Crippen molar-refractivity contribution in [2.24, 2.45) is 5.92 Å². The molecule has 1 fully saturated rings. The molecule has 1 aromatic heterocycles. The second-order valence-electron chi connectivity index (χ2n) is 5.23. The predicted octanol–water partition coefficient (Wildman–Crippen LogP) is 1.18. The zero-order chi connectivity index (χ0) is 13.0. The molecule has 1 unspecified atom stereocenters. The van der Waals surface area contributed by atoms with Crippen molar-refractivity contribution in [3.63, 3.8) is 0 Å². The molecule has 1 aliphatic heterocycles. The van der Waals surface area contributed by atoms with E-state index in [4.69, 9.17) is 0 Å². The van der Waals surface area contributed by atoms with Crippen LogP contribution in [0.5, 0.6) is 0 Å². The summed E-state index contributed by atoms with van der Waals surface area (Å²) >= 11 is 0. The molecule has 0 bridgehead atoms. The van der Waals surface area contributed by atoms with Crippen LogP contribution in [0.15, 0.2) is 6.20 Å². The van der Waals surface area contributed by atoms with Crippen molar-refractivity contribution in [1.82, 2.24) is 20.4 Å². The standard InChI is InChI=1S/C13H22N4O/c1-10(9-17-5-3-4-6-17)7-14-13(18)12-8-15-16-11(12)2/h8,10H,3-7,9H2,1-2H3,(H,14,18)(H,15,16). The number of nitrogens with zero attached hydrogens (tertiary/aromatic N) is 2. The Morgan fingerprint density at radius 2 is 2.28 bits per heavy atom. The van der Waals surface area contributed by atoms with E-state index in [9.17, 15) is 4.79 Å². The molecule has 2 heterocycles. The van der Waals surface area contributed by atoms with Crippen LogP contribution < -0.4 is 5.32 Å². The topological polar surface area (TPSA) is 61.0 Å². The van der Waals surface area contributed by atoms with Gasteiger partial charge < -0.3 is 10.2 Å². The van der Waals surface area contributed by atoms with Crippen molar-refractivity contribution in [2.45, 2.75) is 26.7 Å². The first-order chi connectivity index (χ1) is 8.66. The number of aromatic amines is 1. The summed E-state index contributed by atoms with van der Waals surface area (Å²) in [5.41, 5.74) is 1.46. The highest BCUT2D eigenvalue weighted by Gasteiger charge is 2.16. The first kappa shape index (κ1) is 13.1. The maximum Gasteiger partial charge on any atom is 0.254 e. The minimum absolute atomic E-state index is 0.0329. The first-order valence-corrected chi connectivity index (χ1v) is 6.67. The lowest BCUT2D eigenvalue weighted by molar-refractivity contribution is 0.0944. The summed E-state index contributed by atoms with van der Waals surface area (Å²) in [6, 6.07) is 0. The number of hydrogen-bond donors (Lipinski definition) is 2. The summed E-state index contributed by atoms with van der Waals surface area (Å²) in [6.07, 6.45) is 4.20. The van der Waals surface area contributed by atoms with E-state index in [1.54, 1.807) is 6.20 Å². The van der Waals surface area contributed by atoms with Crippen molar-refractivity contribution in [3.8, 4) is 0 Å². The van der Waals surface area contributed by atoms with Gasteiger partial charge in [0, 0.05) is 18.8 Å². The van der Waals surface area contributed by atoms with Crippen LogP contribution >= 0.6 is 0 Å². The molecular weight excluding hydrogens is 228 g/mol. The molecule has 1 atom stereocenters. The molecule has 0 spiro atoms. The number of likely N-dealkylation sites (tertiary alicyclic amines) is 1.